The molecule has 116 valence electrons. The molecule has 0 saturated carbocycles. The van der Waals surface area contributed by atoms with Gasteiger partial charge < -0.3 is 0 Å². The Morgan fingerprint density at radius 3 is 2.52 bits per heavy atom. The predicted octanol–water partition coefficient (Wildman–Crippen LogP) is 1.04. The van der Waals surface area contributed by atoms with Crippen LogP contribution in [0.1, 0.15) is 37.4 Å². The minimum Gasteiger partial charge on any atom is -0.292 e. The first-order chi connectivity index (χ1) is 10.1. The third-order valence-electron chi connectivity index (χ3n) is 4.58. The number of rotatable bonds is 3. The maximum Gasteiger partial charge on any atom is 0.211 e. The van der Waals surface area contributed by atoms with Gasteiger partial charge in [0.05, 0.1) is 18.0 Å². The fraction of sp³-hybridized carbons (Fsp3) is 0.714. The fourth-order valence-electron chi connectivity index (χ4n) is 3.53. The lowest BCUT2D eigenvalue weighted by atomic mass is 10.0. The summed E-state index contributed by atoms with van der Waals surface area (Å²) in [5.74, 6) is 0. The zero-order valence-corrected chi connectivity index (χ0v) is 13.2. The molecule has 2 aliphatic heterocycles. The van der Waals surface area contributed by atoms with E-state index in [1.54, 1.807) is 16.7 Å². The smallest absolute Gasteiger partial charge is 0.211 e. The summed E-state index contributed by atoms with van der Waals surface area (Å²) in [6, 6.07) is 0.797. The van der Waals surface area contributed by atoms with Crippen LogP contribution >= 0.6 is 0 Å². The molecule has 3 rings (SSSR count). The Labute approximate surface area is 126 Å². The van der Waals surface area contributed by atoms with Gasteiger partial charge in [-0.05, 0) is 32.2 Å². The predicted molar refractivity (Wildman–Crippen MR) is 80.2 cm³/mol. The highest BCUT2D eigenvalue weighted by molar-refractivity contribution is 7.88. The van der Waals surface area contributed by atoms with Gasteiger partial charge in [0.1, 0.15) is 0 Å². The molecule has 0 amide bonds. The van der Waals surface area contributed by atoms with Crippen LogP contribution in [-0.4, -0.2) is 59.5 Å². The van der Waals surface area contributed by atoms with Gasteiger partial charge in [0, 0.05) is 37.7 Å². The number of nitrogens with zero attached hydrogens (tertiary/aromatic N) is 4. The van der Waals surface area contributed by atoms with Crippen molar-refractivity contribution in [1.29, 1.82) is 0 Å². The highest BCUT2D eigenvalue weighted by atomic mass is 32.2. The fourth-order valence-corrected chi connectivity index (χ4v) is 4.41. The van der Waals surface area contributed by atoms with Crippen molar-refractivity contribution in [3.8, 4) is 0 Å². The summed E-state index contributed by atoms with van der Waals surface area (Å²) in [5, 5.41) is 0. The van der Waals surface area contributed by atoms with Crippen LogP contribution in [0.5, 0.6) is 0 Å². The monoisotopic (exact) mass is 310 g/mol. The van der Waals surface area contributed by atoms with E-state index in [1.165, 1.54) is 12.7 Å². The number of hydrogen-bond donors (Lipinski definition) is 0. The Bertz CT molecular complexity index is 570. The molecule has 0 N–H and O–H groups in total. The second kappa shape index (κ2) is 5.98. The highest BCUT2D eigenvalue weighted by Gasteiger charge is 2.35. The molecule has 0 radical (unpaired) electrons. The van der Waals surface area contributed by atoms with Crippen LogP contribution in [0, 0.1) is 0 Å². The first-order valence-corrected chi connectivity index (χ1v) is 9.37. The molecule has 2 saturated heterocycles. The van der Waals surface area contributed by atoms with Crippen LogP contribution in [0.2, 0.25) is 0 Å². The molecule has 0 aromatic carbocycles. The molecule has 6 nitrogen and oxygen atoms in total. The van der Waals surface area contributed by atoms with Crippen molar-refractivity contribution in [2.45, 2.75) is 37.8 Å². The standard InChI is InChI=1S/C14H22N4O2S/c1-21(19,20)17-9-4-12(5-10-17)18-8-2-3-14(18)13-11-15-6-7-16-13/h6-7,11-12,14H,2-5,8-10H2,1H3. The van der Waals surface area contributed by atoms with Crippen molar-refractivity contribution < 1.29 is 8.42 Å². The molecule has 1 unspecified atom stereocenters. The van der Waals surface area contributed by atoms with Gasteiger partial charge in [0.2, 0.25) is 10.0 Å². The maximum atomic E-state index is 11.6. The van der Waals surface area contributed by atoms with Crippen molar-refractivity contribution in [3.05, 3.63) is 24.3 Å². The lowest BCUT2D eigenvalue weighted by molar-refractivity contribution is 0.125. The van der Waals surface area contributed by atoms with E-state index in [4.69, 9.17) is 0 Å². The van der Waals surface area contributed by atoms with E-state index in [1.807, 2.05) is 6.20 Å². The molecule has 2 fully saturated rings. The quantitative estimate of drug-likeness (QED) is 0.834. The van der Waals surface area contributed by atoms with E-state index in [2.05, 4.69) is 14.9 Å². The molecule has 3 heterocycles. The van der Waals surface area contributed by atoms with Crippen molar-refractivity contribution in [2.75, 3.05) is 25.9 Å². The number of likely N-dealkylation sites (tertiary alicyclic amines) is 1. The summed E-state index contributed by atoms with van der Waals surface area (Å²) in [5.41, 5.74) is 1.04. The molecular formula is C14H22N4O2S. The van der Waals surface area contributed by atoms with Gasteiger partial charge in [-0.25, -0.2) is 12.7 Å². The van der Waals surface area contributed by atoms with Crippen molar-refractivity contribution in [1.82, 2.24) is 19.2 Å². The number of hydrogen-bond acceptors (Lipinski definition) is 5. The molecule has 1 aromatic heterocycles. The number of sulfonamides is 1. The molecule has 0 bridgehead atoms. The van der Waals surface area contributed by atoms with Crippen LogP contribution in [0.25, 0.3) is 0 Å². The highest BCUT2D eigenvalue weighted by Crippen LogP contribution is 2.35. The van der Waals surface area contributed by atoms with Crippen LogP contribution < -0.4 is 0 Å². The van der Waals surface area contributed by atoms with Crippen LogP contribution in [0.15, 0.2) is 18.6 Å². The zero-order chi connectivity index (χ0) is 14.9. The lowest BCUT2D eigenvalue weighted by Crippen LogP contribution is -2.46. The molecule has 1 atom stereocenters. The van der Waals surface area contributed by atoms with E-state index in [0.29, 0.717) is 25.2 Å². The molecule has 21 heavy (non-hydrogen) atoms. The Morgan fingerprint density at radius 1 is 1.14 bits per heavy atom. The van der Waals surface area contributed by atoms with Crippen molar-refractivity contribution in [2.24, 2.45) is 0 Å². The molecule has 0 spiro atoms. The lowest BCUT2D eigenvalue weighted by Gasteiger charge is -2.38. The second-order valence-electron chi connectivity index (χ2n) is 5.92. The van der Waals surface area contributed by atoms with Gasteiger partial charge in [-0.1, -0.05) is 0 Å². The van der Waals surface area contributed by atoms with Gasteiger partial charge in [-0.15, -0.1) is 0 Å². The molecule has 0 aliphatic carbocycles. The summed E-state index contributed by atoms with van der Waals surface area (Å²) < 4.78 is 24.8. The summed E-state index contributed by atoms with van der Waals surface area (Å²) in [7, 11) is -3.05. The summed E-state index contributed by atoms with van der Waals surface area (Å²) in [6.45, 7) is 2.34. The largest absolute Gasteiger partial charge is 0.292 e. The average Bonchev–Trinajstić information content (AvgIpc) is 2.97. The van der Waals surface area contributed by atoms with Crippen molar-refractivity contribution in [3.63, 3.8) is 0 Å². The average molecular weight is 310 g/mol. The number of aromatic nitrogens is 2. The second-order valence-corrected chi connectivity index (χ2v) is 7.90. The normalized spacial score (nSPS) is 26.2. The Balaban J connectivity index is 1.67. The van der Waals surface area contributed by atoms with Crippen LogP contribution in [-0.2, 0) is 10.0 Å². The SMILES string of the molecule is CS(=O)(=O)N1CCC(N2CCCC2c2cnccn2)CC1. The van der Waals surface area contributed by atoms with Crippen LogP contribution in [0.3, 0.4) is 0 Å². The maximum absolute atomic E-state index is 11.6. The zero-order valence-electron chi connectivity index (χ0n) is 12.4. The van der Waals surface area contributed by atoms with Crippen molar-refractivity contribution >= 4 is 10.0 Å². The van der Waals surface area contributed by atoms with Gasteiger partial charge in [0.25, 0.3) is 0 Å². The Morgan fingerprint density at radius 2 is 1.90 bits per heavy atom. The summed E-state index contributed by atoms with van der Waals surface area (Å²) >= 11 is 0. The van der Waals surface area contributed by atoms with E-state index in [-0.39, 0.29) is 0 Å². The molecular weight excluding hydrogens is 288 g/mol. The van der Waals surface area contributed by atoms with Gasteiger partial charge >= 0.3 is 0 Å². The third-order valence-corrected chi connectivity index (χ3v) is 5.88. The van der Waals surface area contributed by atoms with Crippen LogP contribution in [0.4, 0.5) is 0 Å². The molecule has 7 heteroatoms. The van der Waals surface area contributed by atoms with E-state index < -0.39 is 10.0 Å². The minimum atomic E-state index is -3.05. The first-order valence-electron chi connectivity index (χ1n) is 7.52. The Hall–Kier alpha value is -1.05. The minimum absolute atomic E-state index is 0.341. The number of piperidine rings is 1. The summed E-state index contributed by atoms with van der Waals surface area (Å²) in [4.78, 5) is 11.1. The Kier molecular flexibility index (Phi) is 4.24. The van der Waals surface area contributed by atoms with E-state index >= 15 is 0 Å². The van der Waals surface area contributed by atoms with Gasteiger partial charge in [0.15, 0.2) is 0 Å². The first kappa shape index (κ1) is 14.9. The summed E-state index contributed by atoms with van der Waals surface area (Å²) in [6.07, 6.45) is 10.7. The van der Waals surface area contributed by atoms with Gasteiger partial charge in [-0.3, -0.25) is 14.9 Å². The van der Waals surface area contributed by atoms with Gasteiger partial charge in [-0.2, -0.15) is 0 Å². The molecule has 2 aliphatic rings. The molecule has 1 aromatic rings. The topological polar surface area (TPSA) is 66.4 Å². The van der Waals surface area contributed by atoms with E-state index in [9.17, 15) is 8.42 Å². The third kappa shape index (κ3) is 3.25. The van der Waals surface area contributed by atoms with E-state index in [0.717, 1.165) is 31.5 Å².